The second-order valence-corrected chi connectivity index (χ2v) is 3.55. The van der Waals surface area contributed by atoms with E-state index < -0.39 is 0 Å². The maximum absolute atomic E-state index is 10.9. The summed E-state index contributed by atoms with van der Waals surface area (Å²) in [6.07, 6.45) is 8.49. The van der Waals surface area contributed by atoms with Gasteiger partial charge in [-0.1, -0.05) is 25.8 Å². The molecule has 1 aliphatic carbocycles. The van der Waals surface area contributed by atoms with Gasteiger partial charge in [0.1, 0.15) is 0 Å². The van der Waals surface area contributed by atoms with Crippen LogP contribution in [0, 0.1) is 0 Å². The van der Waals surface area contributed by atoms with Crippen LogP contribution >= 0.6 is 0 Å². The van der Waals surface area contributed by atoms with E-state index in [2.05, 4.69) is 6.58 Å². The lowest BCUT2D eigenvalue weighted by Gasteiger charge is -2.21. The van der Waals surface area contributed by atoms with E-state index in [0.29, 0.717) is 19.1 Å². The molecule has 2 nitrogen and oxygen atoms in total. The lowest BCUT2D eigenvalue weighted by atomic mass is 9.98. The summed E-state index contributed by atoms with van der Waals surface area (Å²) in [4.78, 5) is 10.9. The third kappa shape index (κ3) is 4.23. The summed E-state index contributed by atoms with van der Waals surface area (Å²) in [6.45, 7) is 3.99. The van der Waals surface area contributed by atoms with Crippen molar-refractivity contribution in [1.29, 1.82) is 0 Å². The molecule has 2 heteroatoms. The summed E-state index contributed by atoms with van der Waals surface area (Å²) in [7, 11) is 0. The van der Waals surface area contributed by atoms with Crippen molar-refractivity contribution in [2.24, 2.45) is 0 Å². The number of ketones is 1. The first kappa shape index (κ1) is 10.5. The third-order valence-corrected chi connectivity index (χ3v) is 2.48. The second kappa shape index (κ2) is 5.92. The first-order chi connectivity index (χ1) is 6.33. The molecule has 0 aliphatic heterocycles. The van der Waals surface area contributed by atoms with Crippen LogP contribution in [0.15, 0.2) is 12.7 Å². The molecule has 0 aromatic rings. The number of hydrogen-bond donors (Lipinski definition) is 0. The van der Waals surface area contributed by atoms with Crippen molar-refractivity contribution in [3.05, 3.63) is 12.7 Å². The van der Waals surface area contributed by atoms with Gasteiger partial charge in [0.25, 0.3) is 0 Å². The number of hydrogen-bond acceptors (Lipinski definition) is 2. The maximum atomic E-state index is 10.9. The van der Waals surface area contributed by atoms with Gasteiger partial charge < -0.3 is 4.74 Å². The highest BCUT2D eigenvalue weighted by Gasteiger charge is 2.13. The van der Waals surface area contributed by atoms with Crippen LogP contribution in [0.4, 0.5) is 0 Å². The first-order valence-corrected chi connectivity index (χ1v) is 5.10. The van der Waals surface area contributed by atoms with E-state index in [-0.39, 0.29) is 5.78 Å². The average Bonchev–Trinajstić information content (AvgIpc) is 2.19. The molecule has 0 heterocycles. The number of rotatable bonds is 5. The number of carbonyl (C=O) groups is 1. The minimum atomic E-state index is 0.0795. The topological polar surface area (TPSA) is 26.3 Å². The zero-order valence-electron chi connectivity index (χ0n) is 8.13. The van der Waals surface area contributed by atoms with Crippen molar-refractivity contribution in [3.8, 4) is 0 Å². The Kier molecular flexibility index (Phi) is 4.76. The lowest BCUT2D eigenvalue weighted by Crippen LogP contribution is -2.18. The Labute approximate surface area is 80.0 Å². The molecule has 1 saturated carbocycles. The fourth-order valence-electron chi connectivity index (χ4n) is 1.66. The SMILES string of the molecule is C=CC(=O)CCOC1CCCCC1. The summed E-state index contributed by atoms with van der Waals surface area (Å²) in [5.74, 6) is 0.0795. The van der Waals surface area contributed by atoms with Gasteiger partial charge in [-0.2, -0.15) is 0 Å². The molecule has 0 N–H and O–H groups in total. The standard InChI is InChI=1S/C11H18O2/c1-2-10(12)8-9-13-11-6-4-3-5-7-11/h2,11H,1,3-9H2. The highest BCUT2D eigenvalue weighted by Crippen LogP contribution is 2.20. The summed E-state index contributed by atoms with van der Waals surface area (Å²) in [6, 6.07) is 0. The van der Waals surface area contributed by atoms with E-state index >= 15 is 0 Å². The largest absolute Gasteiger partial charge is 0.378 e. The Morgan fingerprint density at radius 1 is 1.38 bits per heavy atom. The molecule has 0 aromatic carbocycles. The van der Waals surface area contributed by atoms with Crippen molar-refractivity contribution in [3.63, 3.8) is 0 Å². The summed E-state index contributed by atoms with van der Waals surface area (Å²) < 4.78 is 5.59. The second-order valence-electron chi connectivity index (χ2n) is 3.55. The smallest absolute Gasteiger partial charge is 0.157 e. The lowest BCUT2D eigenvalue weighted by molar-refractivity contribution is -0.116. The molecular weight excluding hydrogens is 164 g/mol. The van der Waals surface area contributed by atoms with Gasteiger partial charge in [-0.15, -0.1) is 0 Å². The van der Waals surface area contributed by atoms with Crippen molar-refractivity contribution in [2.45, 2.75) is 44.6 Å². The molecule has 1 fully saturated rings. The fourth-order valence-corrected chi connectivity index (χ4v) is 1.66. The zero-order valence-corrected chi connectivity index (χ0v) is 8.13. The Balaban J connectivity index is 2.04. The normalized spacial score (nSPS) is 18.5. The van der Waals surface area contributed by atoms with E-state index in [9.17, 15) is 4.79 Å². The van der Waals surface area contributed by atoms with E-state index in [1.54, 1.807) is 0 Å². The van der Waals surface area contributed by atoms with Crippen LogP contribution in [0.1, 0.15) is 38.5 Å². The van der Waals surface area contributed by atoms with Gasteiger partial charge >= 0.3 is 0 Å². The number of ether oxygens (including phenoxy) is 1. The molecule has 1 aliphatic rings. The molecule has 0 bridgehead atoms. The molecule has 0 saturated heterocycles. The summed E-state index contributed by atoms with van der Waals surface area (Å²) >= 11 is 0. The van der Waals surface area contributed by atoms with Gasteiger partial charge in [-0.3, -0.25) is 4.79 Å². The minimum absolute atomic E-state index is 0.0795. The van der Waals surface area contributed by atoms with Gasteiger partial charge in [0.05, 0.1) is 12.7 Å². The van der Waals surface area contributed by atoms with Crippen LogP contribution in [-0.2, 0) is 9.53 Å². The molecular formula is C11H18O2. The predicted molar refractivity (Wildman–Crippen MR) is 52.6 cm³/mol. The Bertz CT molecular complexity index is 169. The van der Waals surface area contributed by atoms with Crippen LogP contribution in [0.3, 0.4) is 0 Å². The molecule has 0 amide bonds. The monoisotopic (exact) mass is 182 g/mol. The van der Waals surface area contributed by atoms with Crippen LogP contribution in [0.25, 0.3) is 0 Å². The zero-order chi connectivity index (χ0) is 9.52. The van der Waals surface area contributed by atoms with Crippen molar-refractivity contribution in [1.82, 2.24) is 0 Å². The quantitative estimate of drug-likeness (QED) is 0.610. The van der Waals surface area contributed by atoms with Crippen molar-refractivity contribution >= 4 is 5.78 Å². The van der Waals surface area contributed by atoms with Gasteiger partial charge in [-0.25, -0.2) is 0 Å². The van der Waals surface area contributed by atoms with E-state index in [1.807, 2.05) is 0 Å². The van der Waals surface area contributed by atoms with Gasteiger partial charge in [0.2, 0.25) is 0 Å². The van der Waals surface area contributed by atoms with Gasteiger partial charge in [0.15, 0.2) is 5.78 Å². The molecule has 0 radical (unpaired) electrons. The highest BCUT2D eigenvalue weighted by atomic mass is 16.5. The summed E-state index contributed by atoms with van der Waals surface area (Å²) in [5, 5.41) is 0. The maximum Gasteiger partial charge on any atom is 0.157 e. The molecule has 1 rings (SSSR count). The predicted octanol–water partition coefficient (Wildman–Crippen LogP) is 2.48. The fraction of sp³-hybridized carbons (Fsp3) is 0.727. The van der Waals surface area contributed by atoms with Gasteiger partial charge in [0, 0.05) is 6.42 Å². The summed E-state index contributed by atoms with van der Waals surface area (Å²) in [5.41, 5.74) is 0. The van der Waals surface area contributed by atoms with Gasteiger partial charge in [-0.05, 0) is 18.9 Å². The molecule has 0 aromatic heterocycles. The minimum Gasteiger partial charge on any atom is -0.378 e. The van der Waals surface area contributed by atoms with Crippen LogP contribution < -0.4 is 0 Å². The van der Waals surface area contributed by atoms with Crippen molar-refractivity contribution in [2.75, 3.05) is 6.61 Å². The van der Waals surface area contributed by atoms with Crippen LogP contribution in [-0.4, -0.2) is 18.5 Å². The van der Waals surface area contributed by atoms with E-state index in [0.717, 1.165) is 0 Å². The molecule has 74 valence electrons. The number of allylic oxidation sites excluding steroid dienone is 1. The van der Waals surface area contributed by atoms with Crippen LogP contribution in [0.2, 0.25) is 0 Å². The average molecular weight is 182 g/mol. The van der Waals surface area contributed by atoms with E-state index in [1.165, 1.54) is 38.2 Å². The third-order valence-electron chi connectivity index (χ3n) is 2.48. The molecule has 0 spiro atoms. The first-order valence-electron chi connectivity index (χ1n) is 5.10. The molecule has 13 heavy (non-hydrogen) atoms. The Morgan fingerprint density at radius 2 is 2.08 bits per heavy atom. The molecule has 0 unspecified atom stereocenters. The Hall–Kier alpha value is -0.630. The van der Waals surface area contributed by atoms with Crippen LogP contribution in [0.5, 0.6) is 0 Å². The highest BCUT2D eigenvalue weighted by molar-refractivity contribution is 5.89. The molecule has 0 atom stereocenters. The van der Waals surface area contributed by atoms with E-state index in [4.69, 9.17) is 4.74 Å². The van der Waals surface area contributed by atoms with Crippen molar-refractivity contribution < 1.29 is 9.53 Å². The Morgan fingerprint density at radius 3 is 2.69 bits per heavy atom. The number of carbonyl (C=O) groups excluding carboxylic acids is 1.